The quantitative estimate of drug-likeness (QED) is 0.851. The third-order valence-electron chi connectivity index (χ3n) is 2.00. The second kappa shape index (κ2) is 4.28. The van der Waals surface area contributed by atoms with Gasteiger partial charge >= 0.3 is 0 Å². The van der Waals surface area contributed by atoms with Gasteiger partial charge in [0.05, 0.1) is 4.83 Å². The van der Waals surface area contributed by atoms with Crippen molar-refractivity contribution in [3.63, 3.8) is 0 Å². The van der Waals surface area contributed by atoms with Crippen molar-refractivity contribution in [3.05, 3.63) is 40.1 Å². The number of aryl methyl sites for hydroxylation is 1. The lowest BCUT2D eigenvalue weighted by Crippen LogP contribution is -1.94. The summed E-state index contributed by atoms with van der Waals surface area (Å²) in [5, 5.41) is 0. The summed E-state index contributed by atoms with van der Waals surface area (Å²) in [5.41, 5.74) is 0. The van der Waals surface area contributed by atoms with Crippen LogP contribution in [0.2, 0.25) is 0 Å². The van der Waals surface area contributed by atoms with Crippen molar-refractivity contribution >= 4 is 27.3 Å². The molecule has 0 spiro atoms. The summed E-state index contributed by atoms with van der Waals surface area (Å²) in [5.74, 6) is 1.03. The van der Waals surface area contributed by atoms with E-state index >= 15 is 0 Å². The summed E-state index contributed by atoms with van der Waals surface area (Å²) in [7, 11) is 0. The highest BCUT2D eigenvalue weighted by atomic mass is 79.9. The highest BCUT2D eigenvalue weighted by Crippen LogP contribution is 2.31. The molecule has 0 aliphatic rings. The third kappa shape index (κ3) is 2.25. The van der Waals surface area contributed by atoms with Gasteiger partial charge in [-0.05, 0) is 19.1 Å². The number of H-pyrrole nitrogens is 1. The number of rotatable bonds is 3. The number of aromatic nitrogens is 2. The summed E-state index contributed by atoms with van der Waals surface area (Å²) in [6, 6.07) is 4.32. The lowest BCUT2D eigenvalue weighted by atomic mass is 10.2. The van der Waals surface area contributed by atoms with Crippen LogP contribution in [0.3, 0.4) is 0 Å². The maximum absolute atomic E-state index is 4.21. The Morgan fingerprint density at radius 2 is 2.43 bits per heavy atom. The molecule has 74 valence electrons. The molecule has 2 nitrogen and oxygen atoms in total. The van der Waals surface area contributed by atoms with Gasteiger partial charge in [-0.1, -0.05) is 15.9 Å². The minimum absolute atomic E-state index is 0.368. The number of imidazole rings is 1. The Kier molecular flexibility index (Phi) is 3.03. The van der Waals surface area contributed by atoms with E-state index in [1.165, 1.54) is 9.75 Å². The van der Waals surface area contributed by atoms with E-state index in [0.29, 0.717) is 4.83 Å². The molecule has 14 heavy (non-hydrogen) atoms. The van der Waals surface area contributed by atoms with Crippen LogP contribution in [0, 0.1) is 6.92 Å². The Hall–Kier alpha value is -0.610. The minimum Gasteiger partial charge on any atom is -0.349 e. The maximum Gasteiger partial charge on any atom is 0.107 e. The van der Waals surface area contributed by atoms with Gasteiger partial charge in [-0.15, -0.1) is 11.3 Å². The molecule has 0 saturated heterocycles. The first-order valence-electron chi connectivity index (χ1n) is 4.44. The molecule has 0 aliphatic heterocycles. The molecule has 0 aliphatic carbocycles. The summed E-state index contributed by atoms with van der Waals surface area (Å²) in [6.45, 7) is 2.13. The standard InChI is InChI=1S/C10H11BrN2S/c1-7-2-3-9(14-7)8(11)6-10-12-4-5-13-10/h2-5,8H,6H2,1H3,(H,12,13). The van der Waals surface area contributed by atoms with Crippen molar-refractivity contribution in [2.75, 3.05) is 0 Å². The zero-order valence-electron chi connectivity index (χ0n) is 7.83. The second-order valence-corrected chi connectivity index (χ2v) is 5.58. The number of aromatic amines is 1. The van der Waals surface area contributed by atoms with Crippen LogP contribution in [0.1, 0.15) is 20.4 Å². The van der Waals surface area contributed by atoms with Crippen LogP contribution in [0.25, 0.3) is 0 Å². The molecule has 1 atom stereocenters. The van der Waals surface area contributed by atoms with Crippen molar-refractivity contribution in [2.45, 2.75) is 18.2 Å². The number of halogens is 1. The highest BCUT2D eigenvalue weighted by Gasteiger charge is 2.11. The Morgan fingerprint density at radius 1 is 1.57 bits per heavy atom. The molecular formula is C10H11BrN2S. The molecule has 1 unspecified atom stereocenters. The van der Waals surface area contributed by atoms with Gasteiger partial charge in [0.15, 0.2) is 0 Å². The van der Waals surface area contributed by atoms with Crippen LogP contribution in [0.5, 0.6) is 0 Å². The second-order valence-electron chi connectivity index (χ2n) is 3.16. The van der Waals surface area contributed by atoms with Crippen molar-refractivity contribution in [3.8, 4) is 0 Å². The first kappa shape index (κ1) is 9.93. The van der Waals surface area contributed by atoms with Gasteiger partial charge in [0.1, 0.15) is 5.82 Å². The van der Waals surface area contributed by atoms with Crippen LogP contribution in [-0.4, -0.2) is 9.97 Å². The lowest BCUT2D eigenvalue weighted by molar-refractivity contribution is 0.889. The largest absolute Gasteiger partial charge is 0.349 e. The molecule has 0 aromatic carbocycles. The topological polar surface area (TPSA) is 28.7 Å². The highest BCUT2D eigenvalue weighted by molar-refractivity contribution is 9.09. The average Bonchev–Trinajstić information content (AvgIpc) is 2.75. The summed E-state index contributed by atoms with van der Waals surface area (Å²) in [4.78, 5) is 10.4. The van der Waals surface area contributed by atoms with E-state index in [4.69, 9.17) is 0 Å². The van der Waals surface area contributed by atoms with Crippen molar-refractivity contribution in [2.24, 2.45) is 0 Å². The van der Waals surface area contributed by atoms with Crippen molar-refractivity contribution in [1.29, 1.82) is 0 Å². The number of nitrogens with zero attached hydrogens (tertiary/aromatic N) is 1. The smallest absolute Gasteiger partial charge is 0.107 e. The van der Waals surface area contributed by atoms with Gasteiger partial charge in [0.2, 0.25) is 0 Å². The molecule has 2 rings (SSSR count). The normalized spacial score (nSPS) is 13.0. The Morgan fingerprint density at radius 3 is 3.00 bits per heavy atom. The van der Waals surface area contributed by atoms with Gasteiger partial charge in [0, 0.05) is 28.6 Å². The fourth-order valence-electron chi connectivity index (χ4n) is 1.30. The molecule has 0 fully saturated rings. The monoisotopic (exact) mass is 270 g/mol. The van der Waals surface area contributed by atoms with E-state index in [1.54, 1.807) is 6.20 Å². The molecule has 0 amide bonds. The van der Waals surface area contributed by atoms with E-state index in [-0.39, 0.29) is 0 Å². The van der Waals surface area contributed by atoms with Crippen molar-refractivity contribution in [1.82, 2.24) is 9.97 Å². The van der Waals surface area contributed by atoms with E-state index in [1.807, 2.05) is 17.5 Å². The molecule has 1 N–H and O–H groups in total. The van der Waals surface area contributed by atoms with E-state index in [9.17, 15) is 0 Å². The number of thiophene rings is 1. The van der Waals surface area contributed by atoms with Gasteiger partial charge in [-0.2, -0.15) is 0 Å². The number of nitrogens with one attached hydrogen (secondary N) is 1. The van der Waals surface area contributed by atoms with E-state index < -0.39 is 0 Å². The maximum atomic E-state index is 4.21. The predicted molar refractivity (Wildman–Crippen MR) is 63.0 cm³/mol. The van der Waals surface area contributed by atoms with Crippen molar-refractivity contribution < 1.29 is 0 Å². The minimum atomic E-state index is 0.368. The molecular weight excluding hydrogens is 260 g/mol. The van der Waals surface area contributed by atoms with Gasteiger partial charge < -0.3 is 4.98 Å². The average molecular weight is 271 g/mol. The fourth-order valence-corrected chi connectivity index (χ4v) is 2.90. The molecule has 0 bridgehead atoms. The van der Waals surface area contributed by atoms with Crippen LogP contribution < -0.4 is 0 Å². The Balaban J connectivity index is 2.06. The molecule has 4 heteroatoms. The molecule has 2 aromatic rings. The molecule has 2 aromatic heterocycles. The third-order valence-corrected chi connectivity index (χ3v) is 4.23. The van der Waals surface area contributed by atoms with Crippen LogP contribution in [0.15, 0.2) is 24.5 Å². The summed E-state index contributed by atoms with van der Waals surface area (Å²) in [6.07, 6.45) is 4.55. The van der Waals surface area contributed by atoms with Crippen LogP contribution in [-0.2, 0) is 6.42 Å². The SMILES string of the molecule is Cc1ccc(C(Br)Cc2ncc[nH]2)s1. The number of hydrogen-bond acceptors (Lipinski definition) is 2. The zero-order valence-corrected chi connectivity index (χ0v) is 10.2. The predicted octanol–water partition coefficient (Wildman–Crippen LogP) is 3.46. The number of alkyl halides is 1. The van der Waals surface area contributed by atoms with Crippen LogP contribution >= 0.6 is 27.3 Å². The summed E-state index contributed by atoms with van der Waals surface area (Å²) >= 11 is 5.50. The lowest BCUT2D eigenvalue weighted by Gasteiger charge is -2.04. The van der Waals surface area contributed by atoms with E-state index in [0.717, 1.165) is 12.2 Å². The summed E-state index contributed by atoms with van der Waals surface area (Å²) < 4.78 is 0. The zero-order chi connectivity index (χ0) is 9.97. The first-order valence-corrected chi connectivity index (χ1v) is 6.17. The Bertz CT molecular complexity index is 394. The van der Waals surface area contributed by atoms with E-state index in [2.05, 4.69) is 45.0 Å². The van der Waals surface area contributed by atoms with Gasteiger partial charge in [0.25, 0.3) is 0 Å². The van der Waals surface area contributed by atoms with Gasteiger partial charge in [-0.25, -0.2) is 4.98 Å². The van der Waals surface area contributed by atoms with Crippen LogP contribution in [0.4, 0.5) is 0 Å². The first-order chi connectivity index (χ1) is 6.75. The fraction of sp³-hybridized carbons (Fsp3) is 0.300. The molecule has 2 heterocycles. The molecule has 0 saturated carbocycles. The van der Waals surface area contributed by atoms with Gasteiger partial charge in [-0.3, -0.25) is 0 Å². The molecule has 0 radical (unpaired) electrons. The Labute approximate surface area is 95.5 Å². The number of hydrogen-bond donors (Lipinski definition) is 1.